The molecular formula is C17H19NO4S. The highest BCUT2D eigenvalue weighted by molar-refractivity contribution is 7.12. The SMILES string of the molecule is COc1ccccc1C(C)NC(=O)COC(=O)c1sccc1C. The topological polar surface area (TPSA) is 64.6 Å². The predicted molar refractivity (Wildman–Crippen MR) is 88.9 cm³/mol. The summed E-state index contributed by atoms with van der Waals surface area (Å²) < 4.78 is 10.3. The van der Waals surface area contributed by atoms with Crippen molar-refractivity contribution >= 4 is 23.2 Å². The van der Waals surface area contributed by atoms with Gasteiger partial charge in [-0.2, -0.15) is 0 Å². The molecule has 0 aliphatic heterocycles. The van der Waals surface area contributed by atoms with Gasteiger partial charge in [0.1, 0.15) is 10.6 Å². The zero-order chi connectivity index (χ0) is 16.8. The van der Waals surface area contributed by atoms with Crippen molar-refractivity contribution in [1.82, 2.24) is 5.32 Å². The Morgan fingerprint density at radius 2 is 2.00 bits per heavy atom. The molecule has 1 aromatic carbocycles. The number of carbonyl (C=O) groups excluding carboxylic acids is 2. The molecule has 1 unspecified atom stereocenters. The van der Waals surface area contributed by atoms with E-state index in [1.54, 1.807) is 7.11 Å². The van der Waals surface area contributed by atoms with E-state index in [1.165, 1.54) is 11.3 Å². The van der Waals surface area contributed by atoms with Crippen LogP contribution < -0.4 is 10.1 Å². The highest BCUT2D eigenvalue weighted by atomic mass is 32.1. The number of rotatable bonds is 6. The third-order valence-corrected chi connectivity index (χ3v) is 4.36. The lowest BCUT2D eigenvalue weighted by molar-refractivity contribution is -0.124. The van der Waals surface area contributed by atoms with E-state index in [2.05, 4.69) is 5.32 Å². The summed E-state index contributed by atoms with van der Waals surface area (Å²) in [5.74, 6) is -0.130. The van der Waals surface area contributed by atoms with Crippen LogP contribution in [0.1, 0.15) is 33.8 Å². The highest BCUT2D eigenvalue weighted by Gasteiger charge is 2.17. The number of thiophene rings is 1. The molecule has 1 heterocycles. The molecular weight excluding hydrogens is 314 g/mol. The molecule has 23 heavy (non-hydrogen) atoms. The van der Waals surface area contributed by atoms with Crippen LogP contribution in [0.2, 0.25) is 0 Å². The van der Waals surface area contributed by atoms with Gasteiger partial charge in [-0.15, -0.1) is 11.3 Å². The van der Waals surface area contributed by atoms with Crippen molar-refractivity contribution in [3.63, 3.8) is 0 Å². The second-order valence-corrected chi connectivity index (χ2v) is 5.96. The van der Waals surface area contributed by atoms with Crippen LogP contribution in [0.5, 0.6) is 5.75 Å². The third kappa shape index (κ3) is 4.32. The van der Waals surface area contributed by atoms with Crippen LogP contribution in [0.4, 0.5) is 0 Å². The quantitative estimate of drug-likeness (QED) is 0.825. The molecule has 2 rings (SSSR count). The van der Waals surface area contributed by atoms with Crippen molar-refractivity contribution in [2.45, 2.75) is 19.9 Å². The Hall–Kier alpha value is -2.34. The summed E-state index contributed by atoms with van der Waals surface area (Å²) in [5, 5.41) is 4.61. The Morgan fingerprint density at radius 1 is 1.26 bits per heavy atom. The van der Waals surface area contributed by atoms with Crippen molar-refractivity contribution in [2.75, 3.05) is 13.7 Å². The van der Waals surface area contributed by atoms with Crippen molar-refractivity contribution in [3.05, 3.63) is 51.7 Å². The molecule has 0 saturated heterocycles. The van der Waals surface area contributed by atoms with E-state index in [1.807, 2.05) is 49.6 Å². The van der Waals surface area contributed by atoms with Gasteiger partial charge in [0.2, 0.25) is 0 Å². The van der Waals surface area contributed by atoms with Gasteiger partial charge in [0.25, 0.3) is 5.91 Å². The minimum atomic E-state index is -0.474. The summed E-state index contributed by atoms with van der Waals surface area (Å²) in [6.45, 7) is 3.37. The van der Waals surface area contributed by atoms with E-state index in [4.69, 9.17) is 9.47 Å². The lowest BCUT2D eigenvalue weighted by Gasteiger charge is -2.17. The molecule has 2 aromatic rings. The maximum atomic E-state index is 12.0. The lowest BCUT2D eigenvalue weighted by Crippen LogP contribution is -2.31. The standard InChI is InChI=1S/C17H19NO4S/c1-11-8-9-23-16(11)17(20)22-10-15(19)18-12(2)13-6-4-5-7-14(13)21-3/h4-9,12H,10H2,1-3H3,(H,18,19). The van der Waals surface area contributed by atoms with Gasteiger partial charge >= 0.3 is 5.97 Å². The predicted octanol–water partition coefficient (Wildman–Crippen LogP) is 3.10. The van der Waals surface area contributed by atoms with E-state index in [9.17, 15) is 9.59 Å². The normalized spacial score (nSPS) is 11.6. The number of carbonyl (C=O) groups is 2. The smallest absolute Gasteiger partial charge is 0.349 e. The Bertz CT molecular complexity index is 695. The molecule has 1 amide bonds. The Balaban J connectivity index is 1.89. The average molecular weight is 333 g/mol. The Kier molecular flexibility index (Phi) is 5.76. The molecule has 5 nitrogen and oxygen atoms in total. The molecule has 0 fully saturated rings. The van der Waals surface area contributed by atoms with Crippen LogP contribution in [0, 0.1) is 6.92 Å². The van der Waals surface area contributed by atoms with Crippen molar-refractivity contribution in [3.8, 4) is 5.75 Å². The summed E-state index contributed by atoms with van der Waals surface area (Å²) in [7, 11) is 1.58. The first-order valence-corrected chi connectivity index (χ1v) is 8.04. The van der Waals surface area contributed by atoms with Crippen LogP contribution in [0.25, 0.3) is 0 Å². The summed E-state index contributed by atoms with van der Waals surface area (Å²) in [4.78, 5) is 24.4. The summed E-state index contributed by atoms with van der Waals surface area (Å²) >= 11 is 1.30. The van der Waals surface area contributed by atoms with Gasteiger partial charge in [0, 0.05) is 5.56 Å². The third-order valence-electron chi connectivity index (χ3n) is 3.36. The fraction of sp³-hybridized carbons (Fsp3) is 0.294. The number of esters is 1. The first kappa shape index (κ1) is 17.0. The van der Waals surface area contributed by atoms with E-state index < -0.39 is 5.97 Å². The largest absolute Gasteiger partial charge is 0.496 e. The number of hydrogen-bond acceptors (Lipinski definition) is 5. The number of amides is 1. The van der Waals surface area contributed by atoms with E-state index >= 15 is 0 Å². The first-order chi connectivity index (χ1) is 11.0. The number of ether oxygens (including phenoxy) is 2. The highest BCUT2D eigenvalue weighted by Crippen LogP contribution is 2.24. The number of methoxy groups -OCH3 is 1. The van der Waals surface area contributed by atoms with Crippen LogP contribution >= 0.6 is 11.3 Å². The fourth-order valence-electron chi connectivity index (χ4n) is 2.16. The number of para-hydroxylation sites is 1. The number of nitrogens with one attached hydrogen (secondary N) is 1. The number of hydrogen-bond donors (Lipinski definition) is 1. The van der Waals surface area contributed by atoms with Crippen LogP contribution in [0.3, 0.4) is 0 Å². The summed E-state index contributed by atoms with van der Waals surface area (Å²) in [6, 6.07) is 9.04. The minimum Gasteiger partial charge on any atom is -0.496 e. The lowest BCUT2D eigenvalue weighted by atomic mass is 10.1. The summed E-state index contributed by atoms with van der Waals surface area (Å²) in [6.07, 6.45) is 0. The van der Waals surface area contributed by atoms with E-state index in [0.717, 1.165) is 11.1 Å². The molecule has 0 bridgehead atoms. The fourth-order valence-corrected chi connectivity index (χ4v) is 2.98. The zero-order valence-electron chi connectivity index (χ0n) is 13.3. The van der Waals surface area contributed by atoms with E-state index in [0.29, 0.717) is 10.6 Å². The second kappa shape index (κ2) is 7.78. The molecule has 0 aliphatic rings. The van der Waals surface area contributed by atoms with Crippen LogP contribution in [-0.4, -0.2) is 25.6 Å². The first-order valence-electron chi connectivity index (χ1n) is 7.16. The zero-order valence-corrected chi connectivity index (χ0v) is 14.1. The Labute approximate surface area is 139 Å². The minimum absolute atomic E-state index is 0.249. The monoisotopic (exact) mass is 333 g/mol. The maximum Gasteiger partial charge on any atom is 0.349 e. The molecule has 1 aromatic heterocycles. The molecule has 1 N–H and O–H groups in total. The number of aryl methyl sites for hydroxylation is 1. The second-order valence-electron chi connectivity index (χ2n) is 5.04. The van der Waals surface area contributed by atoms with Crippen molar-refractivity contribution < 1.29 is 19.1 Å². The average Bonchev–Trinajstić information content (AvgIpc) is 2.98. The summed E-state index contributed by atoms with van der Waals surface area (Å²) in [5.41, 5.74) is 1.71. The van der Waals surface area contributed by atoms with Gasteiger partial charge in [-0.05, 0) is 36.9 Å². The van der Waals surface area contributed by atoms with Gasteiger partial charge in [-0.1, -0.05) is 18.2 Å². The van der Waals surface area contributed by atoms with Gasteiger partial charge in [-0.25, -0.2) is 4.79 Å². The van der Waals surface area contributed by atoms with Crippen LogP contribution in [-0.2, 0) is 9.53 Å². The van der Waals surface area contributed by atoms with Gasteiger partial charge in [-0.3, -0.25) is 4.79 Å². The van der Waals surface area contributed by atoms with Crippen LogP contribution in [0.15, 0.2) is 35.7 Å². The molecule has 0 spiro atoms. The maximum absolute atomic E-state index is 12.0. The molecule has 0 saturated carbocycles. The number of benzene rings is 1. The Morgan fingerprint density at radius 3 is 2.65 bits per heavy atom. The molecule has 122 valence electrons. The van der Waals surface area contributed by atoms with Gasteiger partial charge in [0.05, 0.1) is 13.2 Å². The van der Waals surface area contributed by atoms with Gasteiger partial charge in [0.15, 0.2) is 6.61 Å². The van der Waals surface area contributed by atoms with Crippen molar-refractivity contribution in [2.24, 2.45) is 0 Å². The van der Waals surface area contributed by atoms with Crippen molar-refractivity contribution in [1.29, 1.82) is 0 Å². The molecule has 6 heteroatoms. The molecule has 0 radical (unpaired) electrons. The van der Waals surface area contributed by atoms with Gasteiger partial charge < -0.3 is 14.8 Å². The molecule has 0 aliphatic carbocycles. The molecule has 1 atom stereocenters. The van der Waals surface area contributed by atoms with E-state index in [-0.39, 0.29) is 18.6 Å².